The third kappa shape index (κ3) is 4.02. The van der Waals surface area contributed by atoms with Gasteiger partial charge in [0.05, 0.1) is 10.9 Å². The van der Waals surface area contributed by atoms with E-state index in [2.05, 4.69) is 10.3 Å². The van der Waals surface area contributed by atoms with E-state index in [9.17, 15) is 19.5 Å². The number of aryl methyl sites for hydroxylation is 1. The van der Waals surface area contributed by atoms with Gasteiger partial charge in [-0.25, -0.2) is 9.78 Å². The van der Waals surface area contributed by atoms with Crippen molar-refractivity contribution in [1.29, 1.82) is 0 Å². The molecule has 1 heterocycles. The number of para-hydroxylation sites is 1. The molecule has 1 aromatic carbocycles. The van der Waals surface area contributed by atoms with Crippen molar-refractivity contribution in [3.8, 4) is 0 Å². The average molecular weight is 371 g/mol. The summed E-state index contributed by atoms with van der Waals surface area (Å²) in [6.07, 6.45) is 4.19. The maximum atomic E-state index is 12.6. The molecule has 7 nitrogen and oxygen atoms in total. The van der Waals surface area contributed by atoms with Crippen molar-refractivity contribution in [1.82, 2.24) is 14.9 Å². The number of benzene rings is 1. The molecular formula is C20H25N3O4. The van der Waals surface area contributed by atoms with E-state index in [4.69, 9.17) is 0 Å². The van der Waals surface area contributed by atoms with E-state index < -0.39 is 11.5 Å². The molecule has 7 heteroatoms. The molecule has 0 unspecified atom stereocenters. The number of carbonyl (C=O) groups is 2. The summed E-state index contributed by atoms with van der Waals surface area (Å²) in [4.78, 5) is 41.0. The Morgan fingerprint density at radius 3 is 2.63 bits per heavy atom. The Kier molecular flexibility index (Phi) is 5.58. The molecule has 2 aromatic rings. The van der Waals surface area contributed by atoms with Crippen molar-refractivity contribution in [2.45, 2.75) is 64.0 Å². The Morgan fingerprint density at radius 1 is 1.22 bits per heavy atom. The number of fused-ring (bicyclic) bond motifs is 1. The molecule has 0 spiro atoms. The van der Waals surface area contributed by atoms with Crippen LogP contribution in [-0.2, 0) is 16.1 Å². The zero-order chi connectivity index (χ0) is 19.4. The minimum Gasteiger partial charge on any atom is -0.480 e. The maximum Gasteiger partial charge on any atom is 0.329 e. The highest BCUT2D eigenvalue weighted by Crippen LogP contribution is 2.28. The predicted octanol–water partition coefficient (Wildman–Crippen LogP) is 2.39. The molecule has 0 radical (unpaired) electrons. The largest absolute Gasteiger partial charge is 0.480 e. The second-order valence-electron chi connectivity index (χ2n) is 7.23. The molecule has 1 amide bonds. The number of carbonyl (C=O) groups excluding carboxylic acids is 1. The second-order valence-corrected chi connectivity index (χ2v) is 7.23. The van der Waals surface area contributed by atoms with E-state index in [1.54, 1.807) is 29.7 Å². The van der Waals surface area contributed by atoms with Crippen LogP contribution in [0.15, 0.2) is 29.1 Å². The van der Waals surface area contributed by atoms with Crippen molar-refractivity contribution in [3.05, 3.63) is 40.4 Å². The summed E-state index contributed by atoms with van der Waals surface area (Å²) in [5.41, 5.74) is -0.588. The van der Waals surface area contributed by atoms with Gasteiger partial charge in [0.25, 0.3) is 5.56 Å². The Morgan fingerprint density at radius 2 is 1.93 bits per heavy atom. The van der Waals surface area contributed by atoms with Crippen LogP contribution >= 0.6 is 0 Å². The Hall–Kier alpha value is -2.70. The summed E-state index contributed by atoms with van der Waals surface area (Å²) < 4.78 is 1.57. The monoisotopic (exact) mass is 371 g/mol. The first-order valence-electron chi connectivity index (χ1n) is 9.43. The van der Waals surface area contributed by atoms with Crippen molar-refractivity contribution < 1.29 is 14.7 Å². The summed E-state index contributed by atoms with van der Waals surface area (Å²) in [5.74, 6) is -0.631. The minimum absolute atomic E-state index is 0.118. The van der Waals surface area contributed by atoms with Gasteiger partial charge in [-0.1, -0.05) is 31.4 Å². The number of carboxylic acids is 1. The Labute approximate surface area is 157 Å². The SMILES string of the molecule is Cc1nc2ccccc2c(=O)n1CCCC(=O)NC1(C(=O)O)CCCCC1. The van der Waals surface area contributed by atoms with Gasteiger partial charge < -0.3 is 10.4 Å². The van der Waals surface area contributed by atoms with Crippen molar-refractivity contribution >= 4 is 22.8 Å². The zero-order valence-electron chi connectivity index (χ0n) is 15.5. The van der Waals surface area contributed by atoms with Crippen molar-refractivity contribution in [2.24, 2.45) is 0 Å². The van der Waals surface area contributed by atoms with Crippen LogP contribution in [0, 0.1) is 6.92 Å². The van der Waals surface area contributed by atoms with E-state index in [1.807, 2.05) is 6.07 Å². The molecule has 2 N–H and O–H groups in total. The highest BCUT2D eigenvalue weighted by atomic mass is 16.4. The van der Waals surface area contributed by atoms with Crippen molar-refractivity contribution in [3.63, 3.8) is 0 Å². The number of carboxylic acid groups (broad SMARTS) is 1. The van der Waals surface area contributed by atoms with Gasteiger partial charge in [0.2, 0.25) is 5.91 Å². The molecule has 0 bridgehead atoms. The normalized spacial score (nSPS) is 16.2. The summed E-state index contributed by atoms with van der Waals surface area (Å²) in [6, 6.07) is 7.19. The molecule has 3 rings (SSSR count). The van der Waals surface area contributed by atoms with Gasteiger partial charge in [-0.3, -0.25) is 14.2 Å². The Bertz CT molecular complexity index is 913. The second kappa shape index (κ2) is 7.90. The molecule has 1 aliphatic carbocycles. The molecule has 27 heavy (non-hydrogen) atoms. The third-order valence-electron chi connectivity index (χ3n) is 5.33. The van der Waals surface area contributed by atoms with Crippen LogP contribution in [0.3, 0.4) is 0 Å². The number of nitrogens with zero attached hydrogens (tertiary/aromatic N) is 2. The van der Waals surface area contributed by atoms with Crippen LogP contribution in [0.25, 0.3) is 10.9 Å². The lowest BCUT2D eigenvalue weighted by Crippen LogP contribution is -2.55. The van der Waals surface area contributed by atoms with Crippen LogP contribution < -0.4 is 10.9 Å². The number of aromatic nitrogens is 2. The van der Waals surface area contributed by atoms with Gasteiger partial charge in [-0.2, -0.15) is 0 Å². The van der Waals surface area contributed by atoms with Gasteiger partial charge in [0, 0.05) is 13.0 Å². The molecule has 1 aromatic heterocycles. The first-order chi connectivity index (χ1) is 12.9. The van der Waals surface area contributed by atoms with E-state index in [-0.39, 0.29) is 17.9 Å². The average Bonchev–Trinajstić information content (AvgIpc) is 2.65. The van der Waals surface area contributed by atoms with Gasteiger partial charge in [-0.15, -0.1) is 0 Å². The maximum absolute atomic E-state index is 12.6. The van der Waals surface area contributed by atoms with Crippen LogP contribution in [-0.4, -0.2) is 32.1 Å². The summed E-state index contributed by atoms with van der Waals surface area (Å²) in [6.45, 7) is 2.14. The van der Waals surface area contributed by atoms with E-state index in [1.165, 1.54) is 0 Å². The molecule has 1 fully saturated rings. The van der Waals surface area contributed by atoms with Crippen LogP contribution in [0.4, 0.5) is 0 Å². The van der Waals surface area contributed by atoms with E-state index in [0.29, 0.717) is 42.5 Å². The molecule has 144 valence electrons. The summed E-state index contributed by atoms with van der Waals surface area (Å²) >= 11 is 0. The van der Waals surface area contributed by atoms with Gasteiger partial charge in [0.1, 0.15) is 11.4 Å². The number of nitrogens with one attached hydrogen (secondary N) is 1. The lowest BCUT2D eigenvalue weighted by Gasteiger charge is -2.34. The molecule has 0 atom stereocenters. The number of amides is 1. The molecule has 0 aliphatic heterocycles. The number of hydrogen-bond donors (Lipinski definition) is 2. The van der Waals surface area contributed by atoms with Crippen LogP contribution in [0.1, 0.15) is 50.8 Å². The smallest absolute Gasteiger partial charge is 0.329 e. The first kappa shape index (κ1) is 19.1. The summed E-state index contributed by atoms with van der Waals surface area (Å²) in [5, 5.41) is 12.8. The molecule has 1 saturated carbocycles. The first-order valence-corrected chi connectivity index (χ1v) is 9.43. The lowest BCUT2D eigenvalue weighted by atomic mass is 9.81. The molecule has 1 aliphatic rings. The lowest BCUT2D eigenvalue weighted by molar-refractivity contribution is -0.149. The highest BCUT2D eigenvalue weighted by molar-refractivity contribution is 5.87. The topological polar surface area (TPSA) is 101 Å². The molecule has 0 saturated heterocycles. The fourth-order valence-electron chi connectivity index (χ4n) is 3.82. The number of rotatable bonds is 6. The van der Waals surface area contributed by atoms with Gasteiger partial charge in [-0.05, 0) is 38.3 Å². The predicted molar refractivity (Wildman–Crippen MR) is 102 cm³/mol. The molecular weight excluding hydrogens is 346 g/mol. The highest BCUT2D eigenvalue weighted by Gasteiger charge is 2.40. The van der Waals surface area contributed by atoms with Crippen LogP contribution in [0.5, 0.6) is 0 Å². The summed E-state index contributed by atoms with van der Waals surface area (Å²) in [7, 11) is 0. The standard InChI is InChI=1S/C20H25N3O4/c1-14-21-16-9-4-3-8-15(16)18(25)23(14)13-7-10-17(24)22-20(19(26)27)11-5-2-6-12-20/h3-4,8-9H,2,5-7,10-13H2,1H3,(H,22,24)(H,26,27). The number of hydrogen-bond acceptors (Lipinski definition) is 4. The fraction of sp³-hybridized carbons (Fsp3) is 0.500. The van der Waals surface area contributed by atoms with Gasteiger partial charge >= 0.3 is 5.97 Å². The quantitative estimate of drug-likeness (QED) is 0.812. The minimum atomic E-state index is -1.13. The van der Waals surface area contributed by atoms with E-state index >= 15 is 0 Å². The van der Waals surface area contributed by atoms with Crippen molar-refractivity contribution in [2.75, 3.05) is 0 Å². The number of aliphatic carboxylic acids is 1. The fourth-order valence-corrected chi connectivity index (χ4v) is 3.82. The third-order valence-corrected chi connectivity index (χ3v) is 5.33. The Balaban J connectivity index is 1.64. The van der Waals surface area contributed by atoms with Crippen LogP contribution in [0.2, 0.25) is 0 Å². The van der Waals surface area contributed by atoms with Gasteiger partial charge in [0.15, 0.2) is 0 Å². The zero-order valence-corrected chi connectivity index (χ0v) is 15.5. The van der Waals surface area contributed by atoms with E-state index in [0.717, 1.165) is 19.3 Å².